The quantitative estimate of drug-likeness (QED) is 0.846. The van der Waals surface area contributed by atoms with Gasteiger partial charge in [0.2, 0.25) is 0 Å². The Morgan fingerprint density at radius 2 is 2.32 bits per heavy atom. The van der Waals surface area contributed by atoms with E-state index < -0.39 is 0 Å². The van der Waals surface area contributed by atoms with Crippen LogP contribution >= 0.6 is 27.3 Å². The first kappa shape index (κ1) is 15.7. The standard InChI is InChI=1S/C15H19BrN4OS/c1-10-2-4-20(5-3-10)8-12-9-22-15(18-12)19-14(21)13-6-11(16)7-17-13/h6-7,9-10,17H,2-5,8H2,1H3,(H,18,19,21). The molecule has 3 rings (SSSR count). The Hall–Kier alpha value is -1.18. The molecule has 1 aliphatic rings. The van der Waals surface area contributed by atoms with E-state index in [1.807, 2.05) is 5.38 Å². The maximum absolute atomic E-state index is 12.1. The van der Waals surface area contributed by atoms with Gasteiger partial charge in [-0.15, -0.1) is 11.3 Å². The summed E-state index contributed by atoms with van der Waals surface area (Å²) in [5, 5.41) is 5.51. The molecule has 1 aliphatic heterocycles. The molecule has 0 bridgehead atoms. The Morgan fingerprint density at radius 3 is 3.00 bits per heavy atom. The molecule has 0 atom stereocenters. The molecule has 0 unspecified atom stereocenters. The number of piperidine rings is 1. The number of anilines is 1. The summed E-state index contributed by atoms with van der Waals surface area (Å²) in [7, 11) is 0. The number of amides is 1. The molecule has 0 spiro atoms. The molecule has 1 amide bonds. The van der Waals surface area contributed by atoms with Crippen LogP contribution in [-0.2, 0) is 6.54 Å². The summed E-state index contributed by atoms with van der Waals surface area (Å²) in [6, 6.07) is 1.75. The van der Waals surface area contributed by atoms with Gasteiger partial charge in [0.1, 0.15) is 5.69 Å². The monoisotopic (exact) mass is 382 g/mol. The van der Waals surface area contributed by atoms with Crippen molar-refractivity contribution in [2.75, 3.05) is 18.4 Å². The number of nitrogens with one attached hydrogen (secondary N) is 2. The summed E-state index contributed by atoms with van der Waals surface area (Å²) in [6.07, 6.45) is 4.25. The lowest BCUT2D eigenvalue weighted by Crippen LogP contribution is -2.32. The molecular weight excluding hydrogens is 364 g/mol. The fourth-order valence-electron chi connectivity index (χ4n) is 2.55. The Bertz CT molecular complexity index is 646. The minimum absolute atomic E-state index is 0.168. The number of nitrogens with zero attached hydrogens (tertiary/aromatic N) is 2. The SMILES string of the molecule is CC1CCN(Cc2csc(NC(=O)c3cc(Br)c[nH]3)n2)CC1. The van der Waals surface area contributed by atoms with E-state index in [0.717, 1.165) is 35.7 Å². The van der Waals surface area contributed by atoms with Gasteiger partial charge in [-0.25, -0.2) is 4.98 Å². The lowest BCUT2D eigenvalue weighted by Gasteiger charge is -2.29. The van der Waals surface area contributed by atoms with E-state index in [9.17, 15) is 4.79 Å². The largest absolute Gasteiger partial charge is 0.356 e. The van der Waals surface area contributed by atoms with Gasteiger partial charge in [0, 0.05) is 22.6 Å². The Kier molecular flexibility index (Phi) is 4.95. The Morgan fingerprint density at radius 1 is 1.55 bits per heavy atom. The summed E-state index contributed by atoms with van der Waals surface area (Å²) in [5.41, 5.74) is 1.55. The van der Waals surface area contributed by atoms with Crippen LogP contribution in [0.3, 0.4) is 0 Å². The molecule has 5 nitrogen and oxygen atoms in total. The third kappa shape index (κ3) is 3.97. The molecule has 0 aliphatic carbocycles. The van der Waals surface area contributed by atoms with Crippen LogP contribution < -0.4 is 5.32 Å². The molecule has 2 aromatic heterocycles. The molecule has 118 valence electrons. The van der Waals surface area contributed by atoms with E-state index in [4.69, 9.17) is 0 Å². The fourth-order valence-corrected chi connectivity index (χ4v) is 3.59. The van der Waals surface area contributed by atoms with Crippen LogP contribution in [0.5, 0.6) is 0 Å². The number of carbonyl (C=O) groups excluding carboxylic acids is 1. The van der Waals surface area contributed by atoms with Gasteiger partial charge in [-0.2, -0.15) is 0 Å². The number of rotatable bonds is 4. The molecule has 0 radical (unpaired) electrons. The number of halogens is 1. The molecule has 3 heterocycles. The van der Waals surface area contributed by atoms with Crippen molar-refractivity contribution in [3.8, 4) is 0 Å². The lowest BCUT2D eigenvalue weighted by atomic mass is 9.99. The van der Waals surface area contributed by atoms with Gasteiger partial charge in [-0.05, 0) is 53.8 Å². The predicted molar refractivity (Wildman–Crippen MR) is 92.2 cm³/mol. The molecule has 1 saturated heterocycles. The van der Waals surface area contributed by atoms with Gasteiger partial charge in [0.05, 0.1) is 5.69 Å². The van der Waals surface area contributed by atoms with Crippen molar-refractivity contribution in [3.63, 3.8) is 0 Å². The van der Waals surface area contributed by atoms with Crippen LogP contribution in [0.1, 0.15) is 35.9 Å². The van der Waals surface area contributed by atoms with Crippen molar-refractivity contribution < 1.29 is 4.79 Å². The van der Waals surface area contributed by atoms with E-state index in [2.05, 4.69) is 43.0 Å². The maximum Gasteiger partial charge on any atom is 0.273 e. The fraction of sp³-hybridized carbons (Fsp3) is 0.467. The molecular formula is C15H19BrN4OS. The Labute approximate surface area is 142 Å². The number of aromatic nitrogens is 2. The number of carbonyl (C=O) groups is 1. The van der Waals surface area contributed by atoms with E-state index in [0.29, 0.717) is 10.8 Å². The van der Waals surface area contributed by atoms with Crippen LogP contribution in [0.15, 0.2) is 22.1 Å². The molecule has 0 saturated carbocycles. The zero-order valence-corrected chi connectivity index (χ0v) is 14.8. The third-order valence-corrected chi connectivity index (χ3v) is 5.19. The van der Waals surface area contributed by atoms with Crippen molar-refractivity contribution in [1.29, 1.82) is 0 Å². The van der Waals surface area contributed by atoms with E-state index >= 15 is 0 Å². The van der Waals surface area contributed by atoms with Crippen LogP contribution in [0, 0.1) is 5.92 Å². The second-order valence-corrected chi connectivity index (χ2v) is 7.56. The third-order valence-electron chi connectivity index (χ3n) is 3.93. The first-order chi connectivity index (χ1) is 10.6. The molecule has 0 aromatic carbocycles. The number of likely N-dealkylation sites (tertiary alicyclic amines) is 1. The number of H-pyrrole nitrogens is 1. The molecule has 2 N–H and O–H groups in total. The summed E-state index contributed by atoms with van der Waals surface area (Å²) >= 11 is 4.79. The average Bonchev–Trinajstić information content (AvgIpc) is 3.11. The van der Waals surface area contributed by atoms with E-state index in [-0.39, 0.29) is 5.91 Å². The van der Waals surface area contributed by atoms with Gasteiger partial charge < -0.3 is 4.98 Å². The van der Waals surface area contributed by atoms with Gasteiger partial charge in [0.15, 0.2) is 5.13 Å². The highest BCUT2D eigenvalue weighted by molar-refractivity contribution is 9.10. The highest BCUT2D eigenvalue weighted by atomic mass is 79.9. The van der Waals surface area contributed by atoms with Crippen LogP contribution in [-0.4, -0.2) is 33.9 Å². The molecule has 2 aromatic rings. The zero-order valence-electron chi connectivity index (χ0n) is 12.4. The summed E-state index contributed by atoms with van der Waals surface area (Å²) < 4.78 is 0.858. The summed E-state index contributed by atoms with van der Waals surface area (Å²) in [4.78, 5) is 21.9. The summed E-state index contributed by atoms with van der Waals surface area (Å²) in [6.45, 7) is 5.45. The molecule has 7 heteroatoms. The molecule has 22 heavy (non-hydrogen) atoms. The second kappa shape index (κ2) is 6.93. The highest BCUT2D eigenvalue weighted by Gasteiger charge is 2.17. The number of hydrogen-bond donors (Lipinski definition) is 2. The van der Waals surface area contributed by atoms with Crippen LogP contribution in [0.2, 0.25) is 0 Å². The average molecular weight is 383 g/mol. The van der Waals surface area contributed by atoms with Gasteiger partial charge in [0.25, 0.3) is 5.91 Å². The van der Waals surface area contributed by atoms with Crippen molar-refractivity contribution in [3.05, 3.63) is 33.5 Å². The van der Waals surface area contributed by atoms with Crippen molar-refractivity contribution >= 4 is 38.3 Å². The smallest absolute Gasteiger partial charge is 0.273 e. The van der Waals surface area contributed by atoms with Crippen molar-refractivity contribution in [1.82, 2.24) is 14.9 Å². The van der Waals surface area contributed by atoms with E-state index in [1.165, 1.54) is 24.2 Å². The van der Waals surface area contributed by atoms with Crippen molar-refractivity contribution in [2.24, 2.45) is 5.92 Å². The number of aromatic amines is 1. The second-order valence-electron chi connectivity index (χ2n) is 5.79. The van der Waals surface area contributed by atoms with Gasteiger partial charge in [-0.3, -0.25) is 15.0 Å². The topological polar surface area (TPSA) is 61.0 Å². The lowest BCUT2D eigenvalue weighted by molar-refractivity contribution is 0.102. The number of thiazole rings is 1. The van der Waals surface area contributed by atoms with Gasteiger partial charge in [-0.1, -0.05) is 6.92 Å². The van der Waals surface area contributed by atoms with Crippen LogP contribution in [0.25, 0.3) is 0 Å². The summed E-state index contributed by atoms with van der Waals surface area (Å²) in [5.74, 6) is 0.667. The van der Waals surface area contributed by atoms with Crippen LogP contribution in [0.4, 0.5) is 5.13 Å². The minimum Gasteiger partial charge on any atom is -0.356 e. The Balaban J connectivity index is 1.56. The van der Waals surface area contributed by atoms with Crippen molar-refractivity contribution in [2.45, 2.75) is 26.3 Å². The van der Waals surface area contributed by atoms with E-state index in [1.54, 1.807) is 12.3 Å². The molecule has 1 fully saturated rings. The first-order valence-corrected chi connectivity index (χ1v) is 9.09. The highest BCUT2D eigenvalue weighted by Crippen LogP contribution is 2.21. The first-order valence-electron chi connectivity index (χ1n) is 7.42. The predicted octanol–water partition coefficient (Wildman–Crippen LogP) is 3.72. The zero-order chi connectivity index (χ0) is 15.5. The maximum atomic E-state index is 12.1. The number of hydrogen-bond acceptors (Lipinski definition) is 4. The normalized spacial score (nSPS) is 16.8. The van der Waals surface area contributed by atoms with Gasteiger partial charge >= 0.3 is 0 Å². The minimum atomic E-state index is -0.168.